The topological polar surface area (TPSA) is 108 Å². The predicted molar refractivity (Wildman–Crippen MR) is 119 cm³/mol. The molecular weight excluding hydrogens is 438 g/mol. The van der Waals surface area contributed by atoms with Crippen LogP contribution in [0.4, 0.5) is 5.69 Å². The van der Waals surface area contributed by atoms with Gasteiger partial charge in [-0.1, -0.05) is 25.1 Å². The highest BCUT2D eigenvalue weighted by molar-refractivity contribution is 7.99. The Morgan fingerprint density at radius 1 is 1.19 bits per heavy atom. The summed E-state index contributed by atoms with van der Waals surface area (Å²) in [5.41, 5.74) is 1.36. The summed E-state index contributed by atoms with van der Waals surface area (Å²) in [5.74, 6) is 0.0650. The highest BCUT2D eigenvalue weighted by atomic mass is 32.2. The summed E-state index contributed by atoms with van der Waals surface area (Å²) < 4.78 is 29.0. The summed E-state index contributed by atoms with van der Waals surface area (Å²) in [4.78, 5) is 26.6. The number of sulfonamides is 1. The number of H-pyrrole nitrogens is 1. The maximum absolute atomic E-state index is 13.0. The summed E-state index contributed by atoms with van der Waals surface area (Å²) >= 11 is 1.23. The van der Waals surface area contributed by atoms with E-state index in [1.54, 1.807) is 27.4 Å². The fraction of sp³-hybridized carbons (Fsp3) is 0.550. The molecule has 0 spiro atoms. The first-order valence-corrected chi connectivity index (χ1v) is 13.1. The Labute approximate surface area is 185 Å². The molecule has 168 valence electrons. The van der Waals surface area contributed by atoms with Gasteiger partial charge in [0.05, 0.1) is 10.6 Å². The summed E-state index contributed by atoms with van der Waals surface area (Å²) in [6, 6.07) is 5.06. The number of hydrogen-bond acceptors (Lipinski definition) is 6. The molecule has 0 aliphatic carbocycles. The van der Waals surface area contributed by atoms with Crippen LogP contribution in [0.25, 0.3) is 0 Å². The van der Waals surface area contributed by atoms with Crippen LogP contribution in [0.15, 0.2) is 33.0 Å². The van der Waals surface area contributed by atoms with Gasteiger partial charge in [0, 0.05) is 31.9 Å². The number of anilines is 1. The Hall–Kier alpha value is -2.11. The Morgan fingerprint density at radius 2 is 1.97 bits per heavy atom. The first-order chi connectivity index (χ1) is 14.9. The van der Waals surface area contributed by atoms with Crippen LogP contribution in [0.2, 0.25) is 0 Å². The van der Waals surface area contributed by atoms with Crippen molar-refractivity contribution in [3.8, 4) is 0 Å². The average molecular weight is 466 g/mol. The molecule has 1 saturated heterocycles. The van der Waals surface area contributed by atoms with Crippen LogP contribution in [0, 0.1) is 0 Å². The molecule has 0 unspecified atom stereocenters. The molecule has 1 aromatic heterocycles. The van der Waals surface area contributed by atoms with Gasteiger partial charge in [0.1, 0.15) is 0 Å². The summed E-state index contributed by atoms with van der Waals surface area (Å²) in [5, 5.41) is 6.94. The minimum atomic E-state index is -3.49. The molecule has 2 aromatic rings. The van der Waals surface area contributed by atoms with E-state index in [4.69, 9.17) is 0 Å². The summed E-state index contributed by atoms with van der Waals surface area (Å²) in [6.07, 6.45) is 4.28. The van der Waals surface area contributed by atoms with E-state index in [9.17, 15) is 18.0 Å². The fourth-order valence-corrected chi connectivity index (χ4v) is 6.51. The molecule has 3 heterocycles. The Bertz CT molecular complexity index is 1120. The molecule has 4 rings (SSSR count). The van der Waals surface area contributed by atoms with Gasteiger partial charge in [0.25, 0.3) is 0 Å². The molecular formula is C20H27N5O4S2. The molecule has 1 N–H and O–H groups in total. The van der Waals surface area contributed by atoms with Gasteiger partial charge in [0.15, 0.2) is 5.16 Å². The van der Waals surface area contributed by atoms with Crippen LogP contribution in [0.5, 0.6) is 0 Å². The van der Waals surface area contributed by atoms with Crippen molar-refractivity contribution >= 4 is 33.4 Å². The number of benzene rings is 1. The predicted octanol–water partition coefficient (Wildman–Crippen LogP) is 1.84. The van der Waals surface area contributed by atoms with Crippen LogP contribution in [0.1, 0.15) is 38.2 Å². The largest absolute Gasteiger partial charge is 0.343 e. The van der Waals surface area contributed by atoms with Gasteiger partial charge in [-0.2, -0.15) is 4.31 Å². The molecule has 0 radical (unpaired) electrons. The van der Waals surface area contributed by atoms with Gasteiger partial charge >= 0.3 is 5.69 Å². The Kier molecular flexibility index (Phi) is 6.54. The van der Waals surface area contributed by atoms with Crippen molar-refractivity contribution in [3.05, 3.63) is 34.2 Å². The first-order valence-electron chi connectivity index (χ1n) is 10.6. The molecule has 2 aliphatic heterocycles. The quantitative estimate of drug-likeness (QED) is 0.625. The molecule has 1 amide bonds. The smallest absolute Gasteiger partial charge is 0.311 e. The number of amides is 1. The number of aromatic nitrogens is 3. The molecule has 1 aromatic carbocycles. The highest BCUT2D eigenvalue weighted by Crippen LogP contribution is 2.32. The molecule has 9 nitrogen and oxygen atoms in total. The van der Waals surface area contributed by atoms with Crippen LogP contribution < -0.4 is 10.6 Å². The van der Waals surface area contributed by atoms with E-state index in [0.717, 1.165) is 36.9 Å². The second kappa shape index (κ2) is 9.17. The molecule has 0 bridgehead atoms. The van der Waals surface area contributed by atoms with Crippen LogP contribution in [-0.4, -0.2) is 58.8 Å². The van der Waals surface area contributed by atoms with Gasteiger partial charge in [0.2, 0.25) is 15.9 Å². The van der Waals surface area contributed by atoms with Gasteiger partial charge in [-0.3, -0.25) is 9.36 Å². The minimum Gasteiger partial charge on any atom is -0.311 e. The summed E-state index contributed by atoms with van der Waals surface area (Å²) in [6.45, 7) is 4.17. The van der Waals surface area contributed by atoms with Crippen LogP contribution in [-0.2, 0) is 27.8 Å². The van der Waals surface area contributed by atoms with E-state index in [0.29, 0.717) is 42.7 Å². The van der Waals surface area contributed by atoms with Crippen molar-refractivity contribution in [3.63, 3.8) is 0 Å². The standard InChI is InChI=1S/C20H27N5O4S2/c1-2-9-25-19(27)21-22-20(25)30-14-18(26)24-12-8-15-13-16(6-7-17(15)24)31(28,29)23-10-4-3-5-11-23/h6-7,13H,2-5,8-12,14H2,1H3,(H,21,27). The van der Waals surface area contributed by atoms with Crippen molar-refractivity contribution in [1.82, 2.24) is 19.1 Å². The van der Waals surface area contributed by atoms with E-state index in [1.807, 2.05) is 6.92 Å². The van der Waals surface area contributed by atoms with E-state index < -0.39 is 10.0 Å². The van der Waals surface area contributed by atoms with Gasteiger partial charge in [-0.25, -0.2) is 18.3 Å². The number of thioether (sulfide) groups is 1. The molecule has 31 heavy (non-hydrogen) atoms. The first kappa shape index (κ1) is 22.1. The van der Waals surface area contributed by atoms with Crippen molar-refractivity contribution in [1.29, 1.82) is 0 Å². The Morgan fingerprint density at radius 3 is 2.71 bits per heavy atom. The van der Waals surface area contributed by atoms with E-state index in [2.05, 4.69) is 10.2 Å². The van der Waals surface area contributed by atoms with Crippen molar-refractivity contribution in [2.24, 2.45) is 0 Å². The number of nitrogens with zero attached hydrogens (tertiary/aromatic N) is 4. The SMILES string of the molecule is CCCn1c(SCC(=O)N2CCc3cc(S(=O)(=O)N4CCCCC4)ccc32)n[nH]c1=O. The monoisotopic (exact) mass is 465 g/mol. The van der Waals surface area contributed by atoms with Crippen LogP contribution in [0.3, 0.4) is 0 Å². The number of aromatic amines is 1. The highest BCUT2D eigenvalue weighted by Gasteiger charge is 2.30. The third kappa shape index (κ3) is 4.44. The zero-order valence-corrected chi connectivity index (χ0v) is 19.2. The maximum atomic E-state index is 13.0. The fourth-order valence-electron chi connectivity index (χ4n) is 4.09. The third-order valence-electron chi connectivity index (χ3n) is 5.70. The number of carbonyl (C=O) groups excluding carboxylic acids is 1. The lowest BCUT2D eigenvalue weighted by Gasteiger charge is -2.26. The Balaban J connectivity index is 1.46. The number of piperidine rings is 1. The van der Waals surface area contributed by atoms with Gasteiger partial charge < -0.3 is 4.90 Å². The number of carbonyl (C=O) groups is 1. The molecule has 11 heteroatoms. The lowest BCUT2D eigenvalue weighted by molar-refractivity contribution is -0.116. The maximum Gasteiger partial charge on any atom is 0.343 e. The van der Waals surface area contributed by atoms with E-state index in [1.165, 1.54) is 16.3 Å². The third-order valence-corrected chi connectivity index (χ3v) is 8.55. The zero-order valence-electron chi connectivity index (χ0n) is 17.5. The zero-order chi connectivity index (χ0) is 22.0. The van der Waals surface area contributed by atoms with Crippen LogP contribution >= 0.6 is 11.8 Å². The minimum absolute atomic E-state index is 0.0890. The number of rotatable bonds is 7. The van der Waals surface area contributed by atoms with E-state index in [-0.39, 0.29) is 17.3 Å². The van der Waals surface area contributed by atoms with Crippen molar-refractivity contribution in [2.45, 2.75) is 55.6 Å². The molecule has 0 saturated carbocycles. The lowest BCUT2D eigenvalue weighted by atomic mass is 10.2. The average Bonchev–Trinajstić information content (AvgIpc) is 3.36. The van der Waals surface area contributed by atoms with Gasteiger partial charge in [-0.15, -0.1) is 5.10 Å². The van der Waals surface area contributed by atoms with E-state index >= 15 is 0 Å². The second-order valence-electron chi connectivity index (χ2n) is 7.80. The summed E-state index contributed by atoms with van der Waals surface area (Å²) in [7, 11) is -3.49. The lowest BCUT2D eigenvalue weighted by Crippen LogP contribution is -2.35. The molecule has 1 fully saturated rings. The molecule has 0 atom stereocenters. The normalized spacial score (nSPS) is 17.1. The number of hydrogen-bond donors (Lipinski definition) is 1. The molecule has 2 aliphatic rings. The van der Waals surface area contributed by atoms with Crippen molar-refractivity contribution in [2.75, 3.05) is 30.3 Å². The van der Waals surface area contributed by atoms with Crippen molar-refractivity contribution < 1.29 is 13.2 Å². The second-order valence-corrected chi connectivity index (χ2v) is 10.7. The van der Waals surface area contributed by atoms with Gasteiger partial charge in [-0.05, 0) is 49.4 Å². The number of nitrogens with one attached hydrogen (secondary N) is 1. The number of fused-ring (bicyclic) bond motifs is 1.